The van der Waals surface area contributed by atoms with Gasteiger partial charge >= 0.3 is 0 Å². The van der Waals surface area contributed by atoms with E-state index in [4.69, 9.17) is 10.7 Å². The summed E-state index contributed by atoms with van der Waals surface area (Å²) >= 11 is 1.62. The Labute approximate surface area is 207 Å². The zero-order valence-corrected chi connectivity index (χ0v) is 20.7. The number of hydrogen-bond acceptors (Lipinski definition) is 6. The maximum Gasteiger partial charge on any atom is 0.253 e. The molecule has 0 spiro atoms. The Kier molecular flexibility index (Phi) is 6.05. The lowest BCUT2D eigenvalue weighted by Crippen LogP contribution is -2.26. The van der Waals surface area contributed by atoms with Gasteiger partial charge in [0, 0.05) is 41.4 Å². The molecule has 0 fully saturated rings. The van der Waals surface area contributed by atoms with Gasteiger partial charge in [0.25, 0.3) is 5.91 Å². The summed E-state index contributed by atoms with van der Waals surface area (Å²) in [7, 11) is 1.80. The monoisotopic (exact) mass is 482 g/mol. The maximum absolute atomic E-state index is 13.0. The molecule has 2 aromatic carbocycles. The van der Waals surface area contributed by atoms with E-state index in [1.165, 1.54) is 10.4 Å². The van der Waals surface area contributed by atoms with E-state index in [0.717, 1.165) is 26.9 Å². The molecule has 0 atom stereocenters. The van der Waals surface area contributed by atoms with Gasteiger partial charge in [0.2, 0.25) is 0 Å². The number of thiophene rings is 1. The Morgan fingerprint density at radius 3 is 2.51 bits per heavy atom. The van der Waals surface area contributed by atoms with Gasteiger partial charge in [-0.3, -0.25) is 9.48 Å². The van der Waals surface area contributed by atoms with Gasteiger partial charge in [-0.15, -0.1) is 11.3 Å². The number of nitrogen functional groups attached to an aromatic ring is 1. The van der Waals surface area contributed by atoms with Crippen molar-refractivity contribution in [2.24, 2.45) is 0 Å². The van der Waals surface area contributed by atoms with Gasteiger partial charge < -0.3 is 10.6 Å². The van der Waals surface area contributed by atoms with Crippen molar-refractivity contribution in [2.45, 2.75) is 26.9 Å². The van der Waals surface area contributed by atoms with Gasteiger partial charge in [-0.25, -0.2) is 9.97 Å². The van der Waals surface area contributed by atoms with Gasteiger partial charge in [-0.1, -0.05) is 42.5 Å². The first kappa shape index (κ1) is 22.7. The zero-order valence-electron chi connectivity index (χ0n) is 19.9. The predicted molar refractivity (Wildman–Crippen MR) is 140 cm³/mol. The van der Waals surface area contributed by atoms with Crippen molar-refractivity contribution in [2.75, 3.05) is 12.8 Å². The molecule has 1 amide bonds. The summed E-state index contributed by atoms with van der Waals surface area (Å²) < 4.78 is 1.89. The number of aromatic nitrogens is 4. The van der Waals surface area contributed by atoms with Crippen molar-refractivity contribution in [3.05, 3.63) is 94.1 Å². The van der Waals surface area contributed by atoms with Crippen LogP contribution in [0.1, 0.15) is 31.9 Å². The fourth-order valence-electron chi connectivity index (χ4n) is 4.08. The van der Waals surface area contributed by atoms with Crippen LogP contribution in [0.5, 0.6) is 0 Å². The molecule has 0 bridgehead atoms. The third-order valence-electron chi connectivity index (χ3n) is 6.09. The minimum absolute atomic E-state index is 0.0623. The molecule has 0 saturated heterocycles. The second-order valence-corrected chi connectivity index (χ2v) is 9.87. The van der Waals surface area contributed by atoms with E-state index in [0.29, 0.717) is 30.3 Å². The molecule has 3 aromatic heterocycles. The summed E-state index contributed by atoms with van der Waals surface area (Å²) in [5, 5.41) is 5.36. The molecule has 176 valence electrons. The third kappa shape index (κ3) is 4.65. The Morgan fingerprint density at radius 2 is 1.77 bits per heavy atom. The Balaban J connectivity index is 1.28. The van der Waals surface area contributed by atoms with E-state index in [1.54, 1.807) is 23.3 Å². The van der Waals surface area contributed by atoms with Crippen molar-refractivity contribution in [3.63, 3.8) is 0 Å². The Morgan fingerprint density at radius 1 is 1.03 bits per heavy atom. The molecule has 7 nitrogen and oxygen atoms in total. The average Bonchev–Trinajstić information content (AvgIpc) is 3.42. The van der Waals surface area contributed by atoms with E-state index in [2.05, 4.69) is 29.1 Å². The first-order valence-electron chi connectivity index (χ1n) is 11.3. The smallest absolute Gasteiger partial charge is 0.253 e. The molecule has 5 rings (SSSR count). The number of benzene rings is 2. The second-order valence-electron chi connectivity index (χ2n) is 8.67. The van der Waals surface area contributed by atoms with Gasteiger partial charge in [-0.2, -0.15) is 5.10 Å². The molecule has 0 aliphatic carbocycles. The SMILES string of the molecule is Cc1sc2nc(-c3ccc(C(=O)N(C)Cc4cnn(Cc5ccccc5)c4)cc3)nc(N)c2c1C. The minimum Gasteiger partial charge on any atom is -0.383 e. The van der Waals surface area contributed by atoms with Crippen molar-refractivity contribution < 1.29 is 4.79 Å². The molecule has 0 saturated carbocycles. The quantitative estimate of drug-likeness (QED) is 0.365. The molecule has 0 aliphatic rings. The molecule has 2 N–H and O–H groups in total. The average molecular weight is 483 g/mol. The van der Waals surface area contributed by atoms with E-state index in [9.17, 15) is 4.79 Å². The molecule has 8 heteroatoms. The molecular formula is C27H26N6OS. The molecule has 35 heavy (non-hydrogen) atoms. The summed E-state index contributed by atoms with van der Waals surface area (Å²) in [6.07, 6.45) is 3.79. The van der Waals surface area contributed by atoms with Gasteiger partial charge in [0.05, 0.1) is 18.1 Å². The number of carbonyl (C=O) groups is 1. The topological polar surface area (TPSA) is 89.9 Å². The lowest BCUT2D eigenvalue weighted by molar-refractivity contribution is 0.0785. The van der Waals surface area contributed by atoms with Crippen molar-refractivity contribution in [1.29, 1.82) is 0 Å². The summed E-state index contributed by atoms with van der Waals surface area (Å²) in [5.41, 5.74) is 10.9. The van der Waals surface area contributed by atoms with Gasteiger partial charge in [0.15, 0.2) is 5.82 Å². The van der Waals surface area contributed by atoms with Crippen LogP contribution in [-0.2, 0) is 13.1 Å². The van der Waals surface area contributed by atoms with Crippen molar-refractivity contribution in [3.8, 4) is 11.4 Å². The highest BCUT2D eigenvalue weighted by Crippen LogP contribution is 2.33. The summed E-state index contributed by atoms with van der Waals surface area (Å²) in [5.74, 6) is 0.988. The number of nitrogens with zero attached hydrogens (tertiary/aromatic N) is 5. The summed E-state index contributed by atoms with van der Waals surface area (Å²) in [6.45, 7) is 5.27. The lowest BCUT2D eigenvalue weighted by atomic mass is 10.1. The molecule has 0 radical (unpaired) electrons. The van der Waals surface area contributed by atoms with Crippen LogP contribution in [0.2, 0.25) is 0 Å². The van der Waals surface area contributed by atoms with Crippen molar-refractivity contribution in [1.82, 2.24) is 24.6 Å². The number of amides is 1. The first-order valence-corrected chi connectivity index (χ1v) is 12.1. The molecular weight excluding hydrogens is 456 g/mol. The maximum atomic E-state index is 13.0. The lowest BCUT2D eigenvalue weighted by Gasteiger charge is -2.16. The van der Waals surface area contributed by atoms with Crippen LogP contribution in [0.4, 0.5) is 5.82 Å². The number of carbonyl (C=O) groups excluding carboxylic acids is 1. The Bertz CT molecular complexity index is 1500. The number of nitrogens with two attached hydrogens (primary N) is 1. The second kappa shape index (κ2) is 9.31. The van der Waals surface area contributed by atoms with Crippen LogP contribution in [-0.4, -0.2) is 37.6 Å². The Hall–Kier alpha value is -4.04. The first-order chi connectivity index (χ1) is 16.9. The molecule has 0 aliphatic heterocycles. The molecule has 3 heterocycles. The number of aryl methyl sites for hydroxylation is 2. The number of fused-ring (bicyclic) bond motifs is 1. The highest BCUT2D eigenvalue weighted by atomic mass is 32.1. The number of rotatable bonds is 6. The number of anilines is 1. The normalized spacial score (nSPS) is 11.2. The minimum atomic E-state index is -0.0623. The van der Waals surface area contributed by atoms with E-state index in [1.807, 2.05) is 66.5 Å². The predicted octanol–water partition coefficient (Wildman–Crippen LogP) is 5.07. The molecule has 0 unspecified atom stereocenters. The van der Waals surface area contributed by atoms with Crippen molar-refractivity contribution >= 4 is 33.3 Å². The van der Waals surface area contributed by atoms with E-state index < -0.39 is 0 Å². The van der Waals surface area contributed by atoms with Gasteiger partial charge in [0.1, 0.15) is 10.6 Å². The standard InChI is InChI=1S/C27H26N6OS/c1-17-18(2)35-26-23(17)24(28)30-25(31-26)21-9-11-22(12-10-21)27(34)32(3)14-20-13-29-33(16-20)15-19-7-5-4-6-8-19/h4-13,16H,14-15H2,1-3H3,(H2,28,30,31). The fourth-order valence-corrected chi connectivity index (χ4v) is 5.12. The summed E-state index contributed by atoms with van der Waals surface area (Å²) in [6, 6.07) is 17.5. The zero-order chi connectivity index (χ0) is 24.5. The van der Waals surface area contributed by atoms with Crippen LogP contribution < -0.4 is 5.73 Å². The highest BCUT2D eigenvalue weighted by Gasteiger charge is 2.16. The van der Waals surface area contributed by atoms with E-state index in [-0.39, 0.29) is 5.91 Å². The van der Waals surface area contributed by atoms with Gasteiger partial charge in [-0.05, 0) is 37.1 Å². The van der Waals surface area contributed by atoms with E-state index >= 15 is 0 Å². The largest absolute Gasteiger partial charge is 0.383 e. The third-order valence-corrected chi connectivity index (χ3v) is 7.19. The van der Waals surface area contributed by atoms with Crippen LogP contribution >= 0.6 is 11.3 Å². The summed E-state index contributed by atoms with van der Waals surface area (Å²) in [4.78, 5) is 26.0. The fraction of sp³-hybridized carbons (Fsp3) is 0.185. The highest BCUT2D eigenvalue weighted by molar-refractivity contribution is 7.18. The number of hydrogen-bond donors (Lipinski definition) is 1. The molecule has 5 aromatic rings. The van der Waals surface area contributed by atoms with Crippen LogP contribution in [0.3, 0.4) is 0 Å². The van der Waals surface area contributed by atoms with Crippen LogP contribution in [0.25, 0.3) is 21.6 Å². The van der Waals surface area contributed by atoms with Crippen LogP contribution in [0.15, 0.2) is 67.0 Å². The van der Waals surface area contributed by atoms with Crippen LogP contribution in [0, 0.1) is 13.8 Å².